The Morgan fingerprint density at radius 1 is 1.09 bits per heavy atom. The van der Waals surface area contributed by atoms with Crippen LogP contribution in [0.5, 0.6) is 0 Å². The molecule has 1 aliphatic carbocycles. The highest BCUT2D eigenvalue weighted by molar-refractivity contribution is 5.75. The van der Waals surface area contributed by atoms with Crippen LogP contribution in [0.3, 0.4) is 0 Å². The van der Waals surface area contributed by atoms with Crippen LogP contribution in [-0.2, 0) is 5.41 Å². The molecule has 118 valence electrons. The second kappa shape index (κ2) is 6.16. The molecule has 1 heteroatoms. The van der Waals surface area contributed by atoms with E-state index in [1.54, 1.807) is 5.57 Å². The van der Waals surface area contributed by atoms with Crippen molar-refractivity contribution in [3.8, 4) is 11.3 Å². The number of nitrogens with zero attached hydrogens (tertiary/aromatic N) is 1. The van der Waals surface area contributed by atoms with Crippen LogP contribution in [0.2, 0.25) is 0 Å². The Labute approximate surface area is 139 Å². The van der Waals surface area contributed by atoms with Crippen LogP contribution in [0.1, 0.15) is 56.7 Å². The Hall–Kier alpha value is -2.15. The van der Waals surface area contributed by atoms with Gasteiger partial charge in [0.15, 0.2) is 0 Å². The van der Waals surface area contributed by atoms with Gasteiger partial charge in [0, 0.05) is 17.2 Å². The zero-order chi connectivity index (χ0) is 16.4. The third-order valence-electron chi connectivity index (χ3n) is 5.42. The van der Waals surface area contributed by atoms with Crippen molar-refractivity contribution in [3.63, 3.8) is 0 Å². The average Bonchev–Trinajstić information content (AvgIpc) is 2.94. The second-order valence-corrected chi connectivity index (χ2v) is 6.29. The summed E-state index contributed by atoms with van der Waals surface area (Å²) in [6.07, 6.45) is 9.58. The maximum absolute atomic E-state index is 4.53. The summed E-state index contributed by atoms with van der Waals surface area (Å²) < 4.78 is 0. The van der Waals surface area contributed by atoms with Crippen molar-refractivity contribution in [3.05, 3.63) is 65.4 Å². The fraction of sp³-hybridized carbons (Fsp3) is 0.318. The molecule has 1 aromatic carbocycles. The number of hydrogen-bond acceptors (Lipinski definition) is 1. The number of hydrogen-bond donors (Lipinski definition) is 0. The fourth-order valence-corrected chi connectivity index (χ4v) is 4.03. The number of aromatic nitrogens is 1. The predicted octanol–water partition coefficient (Wildman–Crippen LogP) is 6.26. The smallest absolute Gasteiger partial charge is 0.0708 e. The topological polar surface area (TPSA) is 12.9 Å². The molecule has 0 unspecified atom stereocenters. The van der Waals surface area contributed by atoms with E-state index in [1.807, 2.05) is 18.3 Å². The summed E-state index contributed by atoms with van der Waals surface area (Å²) in [5.74, 6) is 0. The molecular weight excluding hydrogens is 278 g/mol. The van der Waals surface area contributed by atoms with Gasteiger partial charge in [-0.3, -0.25) is 4.98 Å². The van der Waals surface area contributed by atoms with Gasteiger partial charge in [-0.2, -0.15) is 0 Å². The van der Waals surface area contributed by atoms with E-state index < -0.39 is 0 Å². The molecule has 0 fully saturated rings. The molecule has 0 amide bonds. The summed E-state index contributed by atoms with van der Waals surface area (Å²) >= 11 is 0. The summed E-state index contributed by atoms with van der Waals surface area (Å²) in [5.41, 5.74) is 7.97. The van der Waals surface area contributed by atoms with Crippen molar-refractivity contribution < 1.29 is 0 Å². The molecule has 1 nitrogen and oxygen atoms in total. The second-order valence-electron chi connectivity index (χ2n) is 6.29. The fourth-order valence-electron chi connectivity index (χ4n) is 4.03. The standard InChI is InChI=1S/C22H25N/c1-5-16-11-12-23-21(13-16)17-9-10-20-18(14-17)15-19(6-2)22(20,7-3)8-4/h5,9-15H,1,6-8H2,2-4H3. The van der Waals surface area contributed by atoms with Crippen molar-refractivity contribution in [1.29, 1.82) is 0 Å². The van der Waals surface area contributed by atoms with Gasteiger partial charge in [-0.15, -0.1) is 0 Å². The predicted molar refractivity (Wildman–Crippen MR) is 100 cm³/mol. The van der Waals surface area contributed by atoms with Crippen LogP contribution in [0.4, 0.5) is 0 Å². The van der Waals surface area contributed by atoms with E-state index >= 15 is 0 Å². The SMILES string of the molecule is C=Cc1ccnc(-c2ccc3c(c2)C=C(CC)C3(CC)CC)c1. The molecule has 0 radical (unpaired) electrons. The van der Waals surface area contributed by atoms with Crippen LogP contribution in [0.25, 0.3) is 23.4 Å². The van der Waals surface area contributed by atoms with Gasteiger partial charge in [0.05, 0.1) is 5.69 Å². The molecule has 0 saturated heterocycles. The quantitative estimate of drug-likeness (QED) is 0.635. The molecule has 0 atom stereocenters. The van der Waals surface area contributed by atoms with Crippen molar-refractivity contribution >= 4 is 12.2 Å². The van der Waals surface area contributed by atoms with E-state index in [2.05, 4.69) is 62.7 Å². The van der Waals surface area contributed by atoms with Crippen LogP contribution < -0.4 is 0 Å². The van der Waals surface area contributed by atoms with Gasteiger partial charge < -0.3 is 0 Å². The van der Waals surface area contributed by atoms with Crippen LogP contribution in [0, 0.1) is 0 Å². The van der Waals surface area contributed by atoms with Gasteiger partial charge in [0.2, 0.25) is 0 Å². The normalized spacial score (nSPS) is 15.2. The van der Waals surface area contributed by atoms with Gasteiger partial charge in [-0.1, -0.05) is 57.2 Å². The lowest BCUT2D eigenvalue weighted by Gasteiger charge is -2.31. The molecule has 23 heavy (non-hydrogen) atoms. The van der Waals surface area contributed by atoms with Crippen molar-refractivity contribution in [2.75, 3.05) is 0 Å². The first-order valence-electron chi connectivity index (χ1n) is 8.63. The van der Waals surface area contributed by atoms with Crippen molar-refractivity contribution in [2.24, 2.45) is 0 Å². The molecule has 0 N–H and O–H groups in total. The summed E-state index contributed by atoms with van der Waals surface area (Å²) in [4.78, 5) is 4.53. The number of pyridine rings is 1. The third-order valence-corrected chi connectivity index (χ3v) is 5.42. The first kappa shape index (κ1) is 15.7. The van der Waals surface area contributed by atoms with Gasteiger partial charge >= 0.3 is 0 Å². The Balaban J connectivity index is 2.10. The first-order valence-corrected chi connectivity index (χ1v) is 8.63. The number of fused-ring (bicyclic) bond motifs is 1. The zero-order valence-electron chi connectivity index (χ0n) is 14.4. The summed E-state index contributed by atoms with van der Waals surface area (Å²) in [5, 5.41) is 0. The maximum Gasteiger partial charge on any atom is 0.0708 e. The highest BCUT2D eigenvalue weighted by Crippen LogP contribution is 2.48. The van der Waals surface area contributed by atoms with E-state index in [-0.39, 0.29) is 5.41 Å². The van der Waals surface area contributed by atoms with Crippen LogP contribution in [0.15, 0.2) is 48.7 Å². The molecule has 1 heterocycles. The Morgan fingerprint density at radius 2 is 1.87 bits per heavy atom. The van der Waals surface area contributed by atoms with E-state index in [0.717, 1.165) is 17.7 Å². The monoisotopic (exact) mass is 303 g/mol. The zero-order valence-corrected chi connectivity index (χ0v) is 14.4. The molecule has 0 spiro atoms. The Morgan fingerprint density at radius 3 is 2.52 bits per heavy atom. The lowest BCUT2D eigenvalue weighted by atomic mass is 9.72. The molecule has 0 saturated carbocycles. The molecule has 0 bridgehead atoms. The largest absolute Gasteiger partial charge is 0.256 e. The van der Waals surface area contributed by atoms with Gasteiger partial charge in [0.1, 0.15) is 0 Å². The molecule has 0 aliphatic heterocycles. The van der Waals surface area contributed by atoms with E-state index in [1.165, 1.54) is 29.5 Å². The molecular formula is C22H25N. The molecule has 2 aromatic rings. The van der Waals surface area contributed by atoms with Crippen molar-refractivity contribution in [2.45, 2.75) is 45.4 Å². The average molecular weight is 303 g/mol. The molecule has 3 rings (SSSR count). The Bertz CT molecular complexity index is 763. The van der Waals surface area contributed by atoms with Crippen LogP contribution in [-0.4, -0.2) is 4.98 Å². The summed E-state index contributed by atoms with van der Waals surface area (Å²) in [6.45, 7) is 10.7. The number of rotatable bonds is 5. The summed E-state index contributed by atoms with van der Waals surface area (Å²) in [6, 6.07) is 10.9. The highest BCUT2D eigenvalue weighted by Gasteiger charge is 2.37. The van der Waals surface area contributed by atoms with E-state index in [4.69, 9.17) is 0 Å². The third kappa shape index (κ3) is 2.45. The van der Waals surface area contributed by atoms with Gasteiger partial charge in [-0.05, 0) is 54.2 Å². The number of benzene rings is 1. The van der Waals surface area contributed by atoms with Gasteiger partial charge in [-0.25, -0.2) is 0 Å². The minimum absolute atomic E-state index is 0.235. The lowest BCUT2D eigenvalue weighted by molar-refractivity contribution is 0.466. The first-order chi connectivity index (χ1) is 11.2. The minimum Gasteiger partial charge on any atom is -0.256 e. The molecule has 1 aromatic heterocycles. The minimum atomic E-state index is 0.235. The summed E-state index contributed by atoms with van der Waals surface area (Å²) in [7, 11) is 0. The van der Waals surface area contributed by atoms with E-state index in [0.29, 0.717) is 0 Å². The number of allylic oxidation sites excluding steroid dienone is 1. The van der Waals surface area contributed by atoms with E-state index in [9.17, 15) is 0 Å². The van der Waals surface area contributed by atoms with Crippen LogP contribution >= 0.6 is 0 Å². The Kier molecular flexibility index (Phi) is 4.21. The van der Waals surface area contributed by atoms with Gasteiger partial charge in [0.25, 0.3) is 0 Å². The lowest BCUT2D eigenvalue weighted by Crippen LogP contribution is -2.24. The van der Waals surface area contributed by atoms with Crippen molar-refractivity contribution in [1.82, 2.24) is 4.98 Å². The highest BCUT2D eigenvalue weighted by atomic mass is 14.7. The molecule has 1 aliphatic rings. The maximum atomic E-state index is 4.53.